The highest BCUT2D eigenvalue weighted by molar-refractivity contribution is 6.13. The van der Waals surface area contributed by atoms with Crippen LogP contribution in [0.3, 0.4) is 0 Å². The van der Waals surface area contributed by atoms with Gasteiger partial charge < -0.3 is 19.8 Å². The molecule has 0 aliphatic carbocycles. The molecule has 2 aromatic heterocycles. The van der Waals surface area contributed by atoms with Crippen molar-refractivity contribution in [2.24, 2.45) is 0 Å². The molecular formula is C23H23N3O3. The molecule has 4 rings (SSSR count). The molecule has 2 heterocycles. The fraction of sp³-hybridized carbons (Fsp3) is 0.217. The van der Waals surface area contributed by atoms with E-state index in [4.69, 9.17) is 14.5 Å². The minimum atomic E-state index is -0.187. The Morgan fingerprint density at radius 1 is 1.07 bits per heavy atom. The van der Waals surface area contributed by atoms with Crippen molar-refractivity contribution < 1.29 is 14.3 Å². The zero-order valence-electron chi connectivity index (χ0n) is 16.7. The number of nitrogens with zero attached hydrogens (tertiary/aromatic N) is 1. The molecule has 1 amide bonds. The second kappa shape index (κ2) is 7.83. The van der Waals surface area contributed by atoms with Crippen LogP contribution in [0.2, 0.25) is 0 Å². The normalized spacial score (nSPS) is 11.0. The summed E-state index contributed by atoms with van der Waals surface area (Å²) < 4.78 is 10.9. The molecule has 0 saturated heterocycles. The summed E-state index contributed by atoms with van der Waals surface area (Å²) in [6, 6.07) is 15.4. The smallest absolute Gasteiger partial charge is 0.269 e. The van der Waals surface area contributed by atoms with Crippen molar-refractivity contribution >= 4 is 27.7 Å². The summed E-state index contributed by atoms with van der Waals surface area (Å²) >= 11 is 0. The van der Waals surface area contributed by atoms with Gasteiger partial charge >= 0.3 is 0 Å². The quantitative estimate of drug-likeness (QED) is 0.508. The summed E-state index contributed by atoms with van der Waals surface area (Å²) in [6.45, 7) is 2.62. The Balaban J connectivity index is 2.00. The first kappa shape index (κ1) is 18.8. The third-order valence-electron chi connectivity index (χ3n) is 4.93. The number of pyridine rings is 1. The van der Waals surface area contributed by atoms with Crippen LogP contribution < -0.4 is 14.8 Å². The van der Waals surface area contributed by atoms with Gasteiger partial charge in [-0.3, -0.25) is 4.79 Å². The van der Waals surface area contributed by atoms with Crippen molar-refractivity contribution in [1.82, 2.24) is 15.3 Å². The molecule has 0 aliphatic heterocycles. The number of fused-ring (bicyclic) bond motifs is 3. The highest BCUT2D eigenvalue weighted by Crippen LogP contribution is 2.38. The van der Waals surface area contributed by atoms with Gasteiger partial charge in [0.15, 0.2) is 0 Å². The van der Waals surface area contributed by atoms with Crippen LogP contribution in [0.15, 0.2) is 48.5 Å². The number of nitrogens with one attached hydrogen (secondary N) is 2. The molecule has 4 aromatic rings. The number of aromatic amines is 1. The average molecular weight is 389 g/mol. The van der Waals surface area contributed by atoms with Gasteiger partial charge in [-0.25, -0.2) is 4.98 Å². The maximum atomic E-state index is 12.7. The third-order valence-corrected chi connectivity index (χ3v) is 4.93. The molecule has 0 radical (unpaired) electrons. The number of para-hydroxylation sites is 1. The predicted octanol–water partition coefficient (Wildman–Crippen LogP) is 4.54. The molecule has 2 N–H and O–H groups in total. The molecule has 6 nitrogen and oxygen atoms in total. The van der Waals surface area contributed by atoms with Crippen molar-refractivity contribution in [2.45, 2.75) is 13.3 Å². The monoisotopic (exact) mass is 389 g/mol. The zero-order chi connectivity index (χ0) is 20.4. The van der Waals surface area contributed by atoms with Gasteiger partial charge in [0.25, 0.3) is 5.91 Å². The van der Waals surface area contributed by atoms with Crippen LogP contribution in [0.1, 0.15) is 23.8 Å². The zero-order valence-corrected chi connectivity index (χ0v) is 16.7. The van der Waals surface area contributed by atoms with E-state index in [-0.39, 0.29) is 5.91 Å². The maximum Gasteiger partial charge on any atom is 0.269 e. The van der Waals surface area contributed by atoms with Crippen LogP contribution in [0.4, 0.5) is 0 Å². The number of rotatable bonds is 6. The molecular weight excluding hydrogens is 366 g/mol. The van der Waals surface area contributed by atoms with Gasteiger partial charge in [0, 0.05) is 34.5 Å². The van der Waals surface area contributed by atoms with Gasteiger partial charge in [0.05, 0.1) is 25.4 Å². The van der Waals surface area contributed by atoms with Crippen LogP contribution in [0.5, 0.6) is 11.5 Å². The number of methoxy groups -OCH3 is 2. The maximum absolute atomic E-state index is 12.7. The highest BCUT2D eigenvalue weighted by Gasteiger charge is 2.19. The van der Waals surface area contributed by atoms with E-state index >= 15 is 0 Å². The van der Waals surface area contributed by atoms with Crippen molar-refractivity contribution in [3.63, 3.8) is 0 Å². The van der Waals surface area contributed by atoms with Crippen LogP contribution >= 0.6 is 0 Å². The first-order chi connectivity index (χ1) is 14.2. The summed E-state index contributed by atoms with van der Waals surface area (Å²) in [4.78, 5) is 20.9. The van der Waals surface area contributed by atoms with Crippen molar-refractivity contribution in [3.8, 4) is 22.8 Å². The summed E-state index contributed by atoms with van der Waals surface area (Å²) in [5, 5.41) is 4.91. The lowest BCUT2D eigenvalue weighted by Crippen LogP contribution is -2.25. The predicted molar refractivity (Wildman–Crippen MR) is 115 cm³/mol. The molecule has 0 bridgehead atoms. The van der Waals surface area contributed by atoms with E-state index in [0.717, 1.165) is 33.8 Å². The largest absolute Gasteiger partial charge is 0.497 e. The molecule has 2 aromatic carbocycles. The van der Waals surface area contributed by atoms with Gasteiger partial charge in [0.2, 0.25) is 0 Å². The summed E-state index contributed by atoms with van der Waals surface area (Å²) in [7, 11) is 3.22. The molecule has 0 fully saturated rings. The third kappa shape index (κ3) is 3.38. The lowest BCUT2D eigenvalue weighted by molar-refractivity contribution is 0.0949. The number of amides is 1. The number of hydrogen-bond acceptors (Lipinski definition) is 4. The van der Waals surface area contributed by atoms with E-state index < -0.39 is 0 Å². The number of ether oxygens (including phenoxy) is 2. The van der Waals surface area contributed by atoms with Crippen molar-refractivity contribution in [2.75, 3.05) is 20.8 Å². The first-order valence-electron chi connectivity index (χ1n) is 9.58. The van der Waals surface area contributed by atoms with E-state index in [1.807, 2.05) is 55.5 Å². The second-order valence-electron chi connectivity index (χ2n) is 6.77. The van der Waals surface area contributed by atoms with E-state index in [2.05, 4.69) is 10.3 Å². The van der Waals surface area contributed by atoms with E-state index in [1.165, 1.54) is 0 Å². The number of H-pyrrole nitrogens is 1. The number of carbonyl (C=O) groups excluding carboxylic acids is 1. The minimum Gasteiger partial charge on any atom is -0.497 e. The van der Waals surface area contributed by atoms with E-state index in [1.54, 1.807) is 14.2 Å². The van der Waals surface area contributed by atoms with Gasteiger partial charge in [-0.05, 0) is 30.7 Å². The topological polar surface area (TPSA) is 76.2 Å². The van der Waals surface area contributed by atoms with Gasteiger partial charge in [-0.1, -0.05) is 25.1 Å². The Labute approximate surface area is 168 Å². The molecule has 6 heteroatoms. The average Bonchev–Trinajstić information content (AvgIpc) is 3.15. The fourth-order valence-electron chi connectivity index (χ4n) is 3.48. The molecule has 0 spiro atoms. The molecule has 0 atom stereocenters. The fourth-order valence-corrected chi connectivity index (χ4v) is 3.48. The minimum absolute atomic E-state index is 0.187. The second-order valence-corrected chi connectivity index (χ2v) is 6.77. The molecule has 0 aliphatic rings. The molecule has 148 valence electrons. The number of benzene rings is 2. The molecule has 0 unspecified atom stereocenters. The lowest BCUT2D eigenvalue weighted by atomic mass is 10.0. The van der Waals surface area contributed by atoms with Crippen LogP contribution in [0.25, 0.3) is 33.1 Å². The Hall–Kier alpha value is -3.54. The lowest BCUT2D eigenvalue weighted by Gasteiger charge is -2.12. The van der Waals surface area contributed by atoms with Gasteiger partial charge in [-0.2, -0.15) is 0 Å². The Kier molecular flexibility index (Phi) is 5.08. The van der Waals surface area contributed by atoms with Crippen LogP contribution in [-0.2, 0) is 0 Å². The summed E-state index contributed by atoms with van der Waals surface area (Å²) in [5.74, 6) is 1.13. The Morgan fingerprint density at radius 3 is 2.66 bits per heavy atom. The number of carbonyl (C=O) groups is 1. The van der Waals surface area contributed by atoms with E-state index in [9.17, 15) is 4.79 Å². The standard InChI is InChI=1S/C23H23N3O3/c1-4-11-24-23(27)19-13-17-15-7-5-6-8-18(15)25-22(17)21(26-19)16-10-9-14(28-2)12-20(16)29-3/h5-10,12-13,25H,4,11H2,1-3H3,(H,24,27). The molecule has 0 saturated carbocycles. The number of aromatic nitrogens is 2. The van der Waals surface area contributed by atoms with Gasteiger partial charge in [0.1, 0.15) is 17.2 Å². The van der Waals surface area contributed by atoms with Crippen molar-refractivity contribution in [1.29, 1.82) is 0 Å². The Bertz CT molecular complexity index is 1200. The Morgan fingerprint density at radius 2 is 1.90 bits per heavy atom. The van der Waals surface area contributed by atoms with E-state index in [0.29, 0.717) is 29.4 Å². The summed E-state index contributed by atoms with van der Waals surface area (Å²) in [5.41, 5.74) is 3.68. The highest BCUT2D eigenvalue weighted by atomic mass is 16.5. The van der Waals surface area contributed by atoms with Crippen LogP contribution in [0, 0.1) is 0 Å². The summed E-state index contributed by atoms with van der Waals surface area (Å²) in [6.07, 6.45) is 0.861. The van der Waals surface area contributed by atoms with Gasteiger partial charge in [-0.15, -0.1) is 0 Å². The van der Waals surface area contributed by atoms with Crippen LogP contribution in [-0.4, -0.2) is 36.6 Å². The molecule has 29 heavy (non-hydrogen) atoms. The van der Waals surface area contributed by atoms with Crippen molar-refractivity contribution in [3.05, 3.63) is 54.2 Å². The SMILES string of the molecule is CCCNC(=O)c1cc2c([nH]c3ccccc32)c(-c2ccc(OC)cc2OC)n1. The first-order valence-corrected chi connectivity index (χ1v) is 9.58. The number of hydrogen-bond donors (Lipinski definition) is 2.